The number of hydrogen-bond donors (Lipinski definition) is 1. The maximum absolute atomic E-state index is 13.0. The van der Waals surface area contributed by atoms with E-state index < -0.39 is 0 Å². The van der Waals surface area contributed by atoms with Crippen molar-refractivity contribution in [3.8, 4) is 5.69 Å². The third-order valence-corrected chi connectivity index (χ3v) is 5.64. The molecule has 8 heteroatoms. The molecule has 0 fully saturated rings. The summed E-state index contributed by atoms with van der Waals surface area (Å²) in [6.45, 7) is 10.2. The van der Waals surface area contributed by atoms with Crippen LogP contribution in [0.5, 0.6) is 0 Å². The van der Waals surface area contributed by atoms with Crippen molar-refractivity contribution in [2.45, 2.75) is 40.0 Å². The first-order valence-electron chi connectivity index (χ1n) is 10.7. The van der Waals surface area contributed by atoms with E-state index in [4.69, 9.17) is 28.3 Å². The summed E-state index contributed by atoms with van der Waals surface area (Å²) in [7, 11) is 0. The molecule has 0 aliphatic rings. The molecule has 2 aromatic carbocycles. The highest BCUT2D eigenvalue weighted by Gasteiger charge is 2.23. The van der Waals surface area contributed by atoms with Gasteiger partial charge in [-0.3, -0.25) is 9.59 Å². The first-order chi connectivity index (χ1) is 15.5. The van der Waals surface area contributed by atoms with Gasteiger partial charge in [0.1, 0.15) is 12.4 Å². The van der Waals surface area contributed by atoms with Crippen LogP contribution in [0.2, 0.25) is 10.0 Å². The lowest BCUT2D eigenvalue weighted by atomic mass is 9.92. The average Bonchev–Trinajstić information content (AvgIpc) is 3.15. The number of halogens is 2. The van der Waals surface area contributed by atoms with Crippen LogP contribution in [0.25, 0.3) is 5.69 Å². The number of carbonyl (C=O) groups is 2. The molecule has 0 saturated heterocycles. The fraction of sp³-hybridized carbons (Fsp3) is 0.320. The van der Waals surface area contributed by atoms with Crippen LogP contribution in [0, 0.1) is 6.92 Å². The lowest BCUT2D eigenvalue weighted by Crippen LogP contribution is -2.38. The van der Waals surface area contributed by atoms with Crippen LogP contribution in [0.1, 0.15) is 49.3 Å². The Hall–Kier alpha value is -2.83. The van der Waals surface area contributed by atoms with Gasteiger partial charge in [-0.25, -0.2) is 4.68 Å². The summed E-state index contributed by atoms with van der Waals surface area (Å²) in [5.74, 6) is -0.0955. The molecule has 2 amide bonds. The highest BCUT2D eigenvalue weighted by atomic mass is 35.5. The summed E-state index contributed by atoms with van der Waals surface area (Å²) in [6.07, 6.45) is 0. The number of para-hydroxylation sites is 1. The smallest absolute Gasteiger partial charge is 0.254 e. The summed E-state index contributed by atoms with van der Waals surface area (Å²) in [5, 5.41) is 8.43. The molecule has 0 aliphatic carbocycles. The fourth-order valence-corrected chi connectivity index (χ4v) is 3.89. The highest BCUT2D eigenvalue weighted by molar-refractivity contribution is 6.35. The van der Waals surface area contributed by atoms with Crippen molar-refractivity contribution in [1.82, 2.24) is 14.7 Å². The molecule has 1 aromatic heterocycles. The largest absolute Gasteiger partial charge is 0.330 e. The molecule has 0 aliphatic heterocycles. The minimum Gasteiger partial charge on any atom is -0.330 e. The normalized spacial score (nSPS) is 11.4. The predicted molar refractivity (Wildman–Crippen MR) is 134 cm³/mol. The molecule has 0 unspecified atom stereocenters. The molecule has 3 aromatic rings. The summed E-state index contributed by atoms with van der Waals surface area (Å²) in [5.41, 5.74) is 2.88. The van der Waals surface area contributed by atoms with Gasteiger partial charge in [-0.15, -0.1) is 0 Å². The molecule has 174 valence electrons. The quantitative estimate of drug-likeness (QED) is 0.472. The number of aryl methyl sites for hydroxylation is 1. The van der Waals surface area contributed by atoms with Gasteiger partial charge in [0.05, 0.1) is 11.4 Å². The zero-order chi connectivity index (χ0) is 24.3. The van der Waals surface area contributed by atoms with Gasteiger partial charge in [-0.1, -0.05) is 62.2 Å². The number of anilines is 1. The van der Waals surface area contributed by atoms with Crippen LogP contribution in [0.3, 0.4) is 0 Å². The Morgan fingerprint density at radius 3 is 2.27 bits per heavy atom. The zero-order valence-electron chi connectivity index (χ0n) is 19.4. The molecule has 0 spiro atoms. The second-order valence-electron chi connectivity index (χ2n) is 8.89. The van der Waals surface area contributed by atoms with Crippen molar-refractivity contribution in [2.75, 3.05) is 18.4 Å². The number of amides is 2. The first-order valence-corrected chi connectivity index (χ1v) is 11.5. The lowest BCUT2D eigenvalue weighted by molar-refractivity contribution is -0.116. The van der Waals surface area contributed by atoms with Crippen molar-refractivity contribution in [2.24, 2.45) is 0 Å². The van der Waals surface area contributed by atoms with Gasteiger partial charge in [-0.05, 0) is 43.7 Å². The second kappa shape index (κ2) is 9.98. The maximum Gasteiger partial charge on any atom is 0.254 e. The number of rotatable bonds is 6. The standard InChI is InChI=1S/C25H28Cl2N4O2/c1-6-30(24(33)17-11-18(26)13-19(27)12-17)15-23(32)28-22-14-21(25(3,4)5)29-31(22)20-10-8-7-9-16(20)2/h7-14H,6,15H2,1-5H3,(H,28,32). The van der Waals surface area contributed by atoms with E-state index >= 15 is 0 Å². The topological polar surface area (TPSA) is 67.2 Å². The van der Waals surface area contributed by atoms with E-state index in [1.54, 1.807) is 22.9 Å². The number of nitrogens with one attached hydrogen (secondary N) is 1. The van der Waals surface area contributed by atoms with E-state index in [1.807, 2.05) is 44.2 Å². The molecule has 1 N–H and O–H groups in total. The molecule has 1 heterocycles. The third kappa shape index (κ3) is 5.95. The van der Waals surface area contributed by atoms with E-state index in [0.29, 0.717) is 28.0 Å². The van der Waals surface area contributed by atoms with Crippen LogP contribution < -0.4 is 5.32 Å². The third-order valence-electron chi connectivity index (χ3n) is 5.20. The number of nitrogens with zero attached hydrogens (tertiary/aromatic N) is 3. The summed E-state index contributed by atoms with van der Waals surface area (Å²) < 4.78 is 1.74. The molecule has 0 saturated carbocycles. The van der Waals surface area contributed by atoms with E-state index in [0.717, 1.165) is 16.9 Å². The van der Waals surface area contributed by atoms with Crippen molar-refractivity contribution in [3.05, 3.63) is 75.4 Å². The average molecular weight is 487 g/mol. The van der Waals surface area contributed by atoms with Gasteiger partial charge in [0, 0.05) is 33.6 Å². The monoisotopic (exact) mass is 486 g/mol. The Bertz CT molecular complexity index is 1160. The fourth-order valence-electron chi connectivity index (χ4n) is 3.36. The minimum absolute atomic E-state index is 0.122. The van der Waals surface area contributed by atoms with E-state index in [-0.39, 0.29) is 23.8 Å². The second-order valence-corrected chi connectivity index (χ2v) is 9.76. The van der Waals surface area contributed by atoms with Crippen LogP contribution in [-0.4, -0.2) is 39.6 Å². The Kier molecular flexibility index (Phi) is 7.50. The predicted octanol–water partition coefficient (Wildman–Crippen LogP) is 5.89. The Morgan fingerprint density at radius 1 is 1.06 bits per heavy atom. The summed E-state index contributed by atoms with van der Waals surface area (Å²) in [6, 6.07) is 14.3. The number of aromatic nitrogens is 2. The van der Waals surface area contributed by atoms with Crippen molar-refractivity contribution < 1.29 is 9.59 Å². The Balaban J connectivity index is 1.86. The van der Waals surface area contributed by atoms with Crippen LogP contribution in [0.15, 0.2) is 48.5 Å². The lowest BCUT2D eigenvalue weighted by Gasteiger charge is -2.21. The van der Waals surface area contributed by atoms with Crippen molar-refractivity contribution in [1.29, 1.82) is 0 Å². The molecule has 0 radical (unpaired) electrons. The molecule has 0 bridgehead atoms. The number of benzene rings is 2. The van der Waals surface area contributed by atoms with Crippen molar-refractivity contribution in [3.63, 3.8) is 0 Å². The Morgan fingerprint density at radius 2 is 1.70 bits per heavy atom. The molecular weight excluding hydrogens is 459 g/mol. The molecular formula is C25H28Cl2N4O2. The number of hydrogen-bond acceptors (Lipinski definition) is 3. The molecule has 3 rings (SSSR count). The minimum atomic E-state index is -0.325. The number of likely N-dealkylation sites (N-methyl/N-ethyl adjacent to an activating group) is 1. The molecule has 33 heavy (non-hydrogen) atoms. The van der Waals surface area contributed by atoms with Gasteiger partial charge in [-0.2, -0.15) is 5.10 Å². The SMILES string of the molecule is CCN(CC(=O)Nc1cc(C(C)(C)C)nn1-c1ccccc1C)C(=O)c1cc(Cl)cc(Cl)c1. The van der Waals surface area contributed by atoms with Gasteiger partial charge in [0.25, 0.3) is 5.91 Å². The van der Waals surface area contributed by atoms with Gasteiger partial charge < -0.3 is 10.2 Å². The van der Waals surface area contributed by atoms with Crippen LogP contribution in [-0.2, 0) is 10.2 Å². The van der Waals surface area contributed by atoms with E-state index in [1.165, 1.54) is 4.90 Å². The van der Waals surface area contributed by atoms with Gasteiger partial charge in [0.2, 0.25) is 5.91 Å². The van der Waals surface area contributed by atoms with E-state index in [9.17, 15) is 9.59 Å². The summed E-state index contributed by atoms with van der Waals surface area (Å²) >= 11 is 12.1. The Labute approximate surface area is 204 Å². The van der Waals surface area contributed by atoms with Crippen molar-refractivity contribution >= 4 is 40.8 Å². The van der Waals surface area contributed by atoms with Gasteiger partial charge in [0.15, 0.2) is 0 Å². The maximum atomic E-state index is 13.0. The summed E-state index contributed by atoms with van der Waals surface area (Å²) in [4.78, 5) is 27.4. The van der Waals surface area contributed by atoms with E-state index in [2.05, 4.69) is 26.1 Å². The molecule has 0 atom stereocenters. The zero-order valence-corrected chi connectivity index (χ0v) is 21.0. The van der Waals surface area contributed by atoms with Crippen LogP contribution in [0.4, 0.5) is 5.82 Å². The molecule has 6 nitrogen and oxygen atoms in total. The van der Waals surface area contributed by atoms with Gasteiger partial charge >= 0.3 is 0 Å². The highest BCUT2D eigenvalue weighted by Crippen LogP contribution is 2.27. The van der Waals surface area contributed by atoms with Crippen LogP contribution >= 0.6 is 23.2 Å². The first kappa shape index (κ1) is 24.8. The number of carbonyl (C=O) groups excluding carboxylic acids is 2.